The Morgan fingerprint density at radius 1 is 0.935 bits per heavy atom. The van der Waals surface area contributed by atoms with Gasteiger partial charge in [0.25, 0.3) is 11.8 Å². The van der Waals surface area contributed by atoms with Gasteiger partial charge in [-0.2, -0.15) is 0 Å². The zero-order valence-corrected chi connectivity index (χ0v) is 25.5. The van der Waals surface area contributed by atoms with Crippen molar-refractivity contribution in [1.82, 2.24) is 14.9 Å². The molecule has 0 spiro atoms. The van der Waals surface area contributed by atoms with Crippen molar-refractivity contribution in [2.75, 3.05) is 18.5 Å². The van der Waals surface area contributed by atoms with Crippen LogP contribution in [0.1, 0.15) is 26.3 Å². The average molecular weight is 655 g/mol. The number of aliphatic hydroxyl groups is 1. The molecule has 1 atom stereocenters. The van der Waals surface area contributed by atoms with E-state index in [0.29, 0.717) is 44.7 Å². The summed E-state index contributed by atoms with van der Waals surface area (Å²) in [5.74, 6) is 0.387. The summed E-state index contributed by atoms with van der Waals surface area (Å²) in [6.45, 7) is -0.111. The van der Waals surface area contributed by atoms with Crippen molar-refractivity contribution < 1.29 is 28.6 Å². The Morgan fingerprint density at radius 3 is 2.50 bits per heavy atom. The van der Waals surface area contributed by atoms with Gasteiger partial charge in [-0.25, -0.2) is 14.4 Å². The van der Waals surface area contributed by atoms with Crippen molar-refractivity contribution in [3.63, 3.8) is 0 Å². The van der Waals surface area contributed by atoms with Crippen molar-refractivity contribution in [2.24, 2.45) is 0 Å². The minimum Gasteiger partial charge on any atom is -0.491 e. The summed E-state index contributed by atoms with van der Waals surface area (Å²) in [4.78, 5) is 36.0. The van der Waals surface area contributed by atoms with Gasteiger partial charge in [-0.3, -0.25) is 14.5 Å². The number of carbonyl (C=O) groups excluding carboxylic acids is 2. The minimum atomic E-state index is -1.08. The average Bonchev–Trinajstić information content (AvgIpc) is 3.54. The molecule has 4 aromatic carbocycles. The number of nitrogens with zero attached hydrogens (tertiary/aromatic N) is 3. The highest BCUT2D eigenvalue weighted by Crippen LogP contribution is 2.39. The largest absolute Gasteiger partial charge is 0.491 e. The maximum Gasteiger partial charge on any atom is 0.261 e. The number of imide groups is 1. The van der Waals surface area contributed by atoms with Crippen LogP contribution in [0.25, 0.3) is 20.3 Å². The van der Waals surface area contributed by atoms with Gasteiger partial charge < -0.3 is 19.9 Å². The van der Waals surface area contributed by atoms with Gasteiger partial charge in [-0.05, 0) is 66.2 Å². The second-order valence-electron chi connectivity index (χ2n) is 10.6. The standard InChI is InChI=1S/C34H24ClFN4O5S/c35-27-13-21(8-11-28(27)45-16-19-4-3-5-20(36)12-19)39-31-30-26-10-9-23(14-29(26)46-32(30)38-18-37-31)44-17-22(41)15-40-33(42)24-6-1-2-7-25(24)34(40)43/h1-14,18,22,41H,15-17H2,(H,37,38,39). The molecule has 1 unspecified atom stereocenters. The quantitative estimate of drug-likeness (QED) is 0.152. The maximum absolute atomic E-state index is 13.5. The van der Waals surface area contributed by atoms with Crippen molar-refractivity contribution in [1.29, 1.82) is 0 Å². The number of β-amino-alcohol motifs (C(OH)–C–C–N with tert-alkyl or cyclic N) is 1. The molecule has 0 fully saturated rings. The number of amides is 2. The Morgan fingerprint density at radius 2 is 1.74 bits per heavy atom. The summed E-state index contributed by atoms with van der Waals surface area (Å²) in [6, 6.07) is 23.6. The first-order valence-corrected chi connectivity index (χ1v) is 15.4. The number of aliphatic hydroxyl groups excluding tert-OH is 1. The lowest BCUT2D eigenvalue weighted by Gasteiger charge is -2.19. The molecule has 1 aliphatic rings. The molecule has 9 nitrogen and oxygen atoms in total. The minimum absolute atomic E-state index is 0.112. The molecule has 2 N–H and O–H groups in total. The molecular weight excluding hydrogens is 631 g/mol. The molecule has 0 saturated heterocycles. The predicted molar refractivity (Wildman–Crippen MR) is 174 cm³/mol. The number of nitrogens with one attached hydrogen (secondary N) is 1. The summed E-state index contributed by atoms with van der Waals surface area (Å²) >= 11 is 7.96. The number of carbonyl (C=O) groups is 2. The van der Waals surface area contributed by atoms with Crippen LogP contribution in [-0.4, -0.2) is 51.0 Å². The molecule has 7 rings (SSSR count). The zero-order valence-electron chi connectivity index (χ0n) is 23.9. The molecule has 3 heterocycles. The van der Waals surface area contributed by atoms with Gasteiger partial charge in [0.15, 0.2) is 0 Å². The number of benzene rings is 4. The Bertz CT molecular complexity index is 2110. The summed E-state index contributed by atoms with van der Waals surface area (Å²) < 4.78 is 26.0. The lowest BCUT2D eigenvalue weighted by molar-refractivity contribution is 0.0457. The third-order valence-electron chi connectivity index (χ3n) is 7.43. The van der Waals surface area contributed by atoms with E-state index in [4.69, 9.17) is 21.1 Å². The lowest BCUT2D eigenvalue weighted by Crippen LogP contribution is -2.39. The topological polar surface area (TPSA) is 114 Å². The maximum atomic E-state index is 13.5. The van der Waals surface area contributed by atoms with Gasteiger partial charge in [0, 0.05) is 15.8 Å². The van der Waals surface area contributed by atoms with Crippen LogP contribution < -0.4 is 14.8 Å². The van der Waals surface area contributed by atoms with Crippen LogP contribution in [-0.2, 0) is 6.61 Å². The van der Waals surface area contributed by atoms with Crippen LogP contribution >= 0.6 is 22.9 Å². The number of aromatic nitrogens is 2. The van der Waals surface area contributed by atoms with Crippen LogP contribution in [0.5, 0.6) is 11.5 Å². The van der Waals surface area contributed by atoms with E-state index in [-0.39, 0.29) is 25.6 Å². The summed E-state index contributed by atoms with van der Waals surface area (Å²) in [5.41, 5.74) is 2.05. The van der Waals surface area contributed by atoms with E-state index in [9.17, 15) is 19.1 Å². The molecule has 2 amide bonds. The Balaban J connectivity index is 1.03. The molecule has 0 radical (unpaired) electrons. The zero-order chi connectivity index (χ0) is 31.8. The third-order valence-corrected chi connectivity index (χ3v) is 8.79. The van der Waals surface area contributed by atoms with Gasteiger partial charge >= 0.3 is 0 Å². The van der Waals surface area contributed by atoms with Crippen LogP contribution in [0, 0.1) is 5.82 Å². The van der Waals surface area contributed by atoms with Gasteiger partial charge in [0.05, 0.1) is 28.1 Å². The van der Waals surface area contributed by atoms with Gasteiger partial charge in [0.1, 0.15) is 53.6 Å². The molecule has 0 aliphatic carbocycles. The fraction of sp³-hybridized carbons (Fsp3) is 0.118. The molecule has 6 aromatic rings. The highest BCUT2D eigenvalue weighted by atomic mass is 35.5. The molecule has 12 heteroatoms. The fourth-order valence-electron chi connectivity index (χ4n) is 5.25. The number of thiophene rings is 1. The molecular formula is C34H24ClFN4O5S. The summed E-state index contributed by atoms with van der Waals surface area (Å²) in [6.07, 6.45) is 0.400. The van der Waals surface area contributed by atoms with E-state index in [1.54, 1.807) is 54.6 Å². The van der Waals surface area contributed by atoms with Crippen molar-refractivity contribution in [3.8, 4) is 11.5 Å². The van der Waals surface area contributed by atoms with E-state index < -0.39 is 17.9 Å². The first kappa shape index (κ1) is 29.6. The van der Waals surface area contributed by atoms with Gasteiger partial charge in [-0.15, -0.1) is 11.3 Å². The van der Waals surface area contributed by atoms with Crippen LogP contribution in [0.3, 0.4) is 0 Å². The summed E-state index contributed by atoms with van der Waals surface area (Å²) in [5, 5.41) is 16.0. The second-order valence-corrected chi connectivity index (χ2v) is 12.0. The molecule has 1 aliphatic heterocycles. The number of fused-ring (bicyclic) bond motifs is 4. The Labute approximate surface area is 270 Å². The predicted octanol–water partition coefficient (Wildman–Crippen LogP) is 7.00. The Hall–Kier alpha value is -5.10. The van der Waals surface area contributed by atoms with E-state index in [0.717, 1.165) is 25.2 Å². The van der Waals surface area contributed by atoms with Crippen LogP contribution in [0.4, 0.5) is 15.9 Å². The van der Waals surface area contributed by atoms with Crippen LogP contribution in [0.15, 0.2) is 91.3 Å². The molecule has 2 aromatic heterocycles. The number of halogens is 2. The fourth-order valence-corrected chi connectivity index (χ4v) is 6.56. The molecule has 0 bridgehead atoms. The van der Waals surface area contributed by atoms with Crippen molar-refractivity contribution >= 4 is 66.6 Å². The smallest absolute Gasteiger partial charge is 0.261 e. The molecule has 230 valence electrons. The van der Waals surface area contributed by atoms with E-state index in [2.05, 4.69) is 15.3 Å². The van der Waals surface area contributed by atoms with Crippen molar-refractivity contribution in [2.45, 2.75) is 12.7 Å². The van der Waals surface area contributed by atoms with E-state index in [1.807, 2.05) is 18.2 Å². The third kappa shape index (κ3) is 5.83. The monoisotopic (exact) mass is 654 g/mol. The second kappa shape index (κ2) is 12.4. The van der Waals surface area contributed by atoms with Gasteiger partial charge in [0.2, 0.25) is 0 Å². The number of anilines is 2. The first-order chi connectivity index (χ1) is 22.3. The van der Waals surface area contributed by atoms with Crippen molar-refractivity contribution in [3.05, 3.63) is 119 Å². The molecule has 0 saturated carbocycles. The number of rotatable bonds is 10. The normalized spacial score (nSPS) is 13.3. The highest BCUT2D eigenvalue weighted by Gasteiger charge is 2.36. The SMILES string of the molecule is O=C1c2ccccc2C(=O)N1CC(O)COc1ccc2c(c1)sc1ncnc(Nc3ccc(OCc4cccc(F)c4)c(Cl)c3)c12. The highest BCUT2D eigenvalue weighted by molar-refractivity contribution is 7.25. The molecule has 46 heavy (non-hydrogen) atoms. The lowest BCUT2D eigenvalue weighted by atomic mass is 10.1. The first-order valence-electron chi connectivity index (χ1n) is 14.2. The number of hydrogen-bond acceptors (Lipinski definition) is 9. The Kier molecular flexibility index (Phi) is 7.95. The van der Waals surface area contributed by atoms with Gasteiger partial charge in [-0.1, -0.05) is 35.9 Å². The summed E-state index contributed by atoms with van der Waals surface area (Å²) in [7, 11) is 0. The van der Waals surface area contributed by atoms with Crippen LogP contribution in [0.2, 0.25) is 5.02 Å². The number of hydrogen-bond donors (Lipinski definition) is 2. The van der Waals surface area contributed by atoms with E-state index in [1.165, 1.54) is 29.8 Å². The number of ether oxygens (including phenoxy) is 2. The van der Waals surface area contributed by atoms with E-state index >= 15 is 0 Å².